The largest absolute Gasteiger partial charge is 0.493 e. The van der Waals surface area contributed by atoms with E-state index in [9.17, 15) is 9.90 Å². The van der Waals surface area contributed by atoms with E-state index in [-0.39, 0.29) is 10.7 Å². The van der Waals surface area contributed by atoms with E-state index < -0.39 is 5.91 Å². The number of rotatable bonds is 2. The van der Waals surface area contributed by atoms with Crippen LogP contribution in [0.5, 0.6) is 5.88 Å². The maximum absolute atomic E-state index is 12.3. The minimum Gasteiger partial charge on any atom is -0.493 e. The molecule has 0 unspecified atom stereocenters. The highest BCUT2D eigenvalue weighted by molar-refractivity contribution is 7.13. The summed E-state index contributed by atoms with van der Waals surface area (Å²) < 4.78 is 1.33. The third-order valence-corrected chi connectivity index (χ3v) is 5.23. The topological polar surface area (TPSA) is 91.3 Å². The van der Waals surface area contributed by atoms with Crippen molar-refractivity contribution in [2.75, 3.05) is 0 Å². The molecule has 1 aromatic carbocycles. The van der Waals surface area contributed by atoms with Crippen molar-refractivity contribution >= 4 is 34.2 Å². The lowest BCUT2D eigenvalue weighted by Gasteiger charge is -2.01. The van der Waals surface area contributed by atoms with Crippen molar-refractivity contribution in [3.05, 3.63) is 55.6 Å². The number of aromatic hydroxyl groups is 1. The Hall–Kier alpha value is -2.58. The maximum atomic E-state index is 12.3. The zero-order valence-electron chi connectivity index (χ0n) is 11.9. The Bertz CT molecular complexity index is 1120. The first-order valence-electron chi connectivity index (χ1n) is 6.70. The van der Waals surface area contributed by atoms with Crippen molar-refractivity contribution in [1.29, 1.82) is 5.41 Å². The zero-order valence-corrected chi connectivity index (χ0v) is 13.5. The van der Waals surface area contributed by atoms with Crippen molar-refractivity contribution in [3.8, 4) is 11.0 Å². The normalized spacial score (nSPS) is 13.3. The van der Waals surface area contributed by atoms with Crippen LogP contribution in [0.4, 0.5) is 0 Å². The second kappa shape index (κ2) is 4.97. The maximum Gasteiger partial charge on any atom is 0.279 e. The molecule has 1 aliphatic heterocycles. The van der Waals surface area contributed by atoms with Crippen LogP contribution in [0.25, 0.3) is 10.7 Å². The van der Waals surface area contributed by atoms with Gasteiger partial charge in [0, 0.05) is 16.8 Å². The van der Waals surface area contributed by atoms with Gasteiger partial charge in [0.1, 0.15) is 4.88 Å². The van der Waals surface area contributed by atoms with Crippen molar-refractivity contribution in [2.24, 2.45) is 4.99 Å². The minimum atomic E-state index is -0.395. The van der Waals surface area contributed by atoms with Crippen LogP contribution in [-0.4, -0.2) is 20.6 Å². The van der Waals surface area contributed by atoms with Gasteiger partial charge < -0.3 is 5.11 Å². The summed E-state index contributed by atoms with van der Waals surface area (Å²) in [6.07, 6.45) is 1.60. The number of nitrogens with one attached hydrogen (secondary N) is 1. The number of fused-ring (bicyclic) bond motifs is 1. The van der Waals surface area contributed by atoms with Crippen LogP contribution in [-0.2, 0) is 4.79 Å². The molecule has 0 saturated carbocycles. The monoisotopic (exact) mass is 342 g/mol. The molecule has 1 amide bonds. The molecule has 0 bridgehead atoms. The minimum absolute atomic E-state index is 0.105. The number of aryl methyl sites for hydroxylation is 1. The van der Waals surface area contributed by atoms with Crippen LogP contribution >= 0.6 is 22.7 Å². The molecule has 0 atom stereocenters. The quantitative estimate of drug-likeness (QED) is 0.723. The molecule has 0 saturated heterocycles. The van der Waals surface area contributed by atoms with Crippen LogP contribution in [0.3, 0.4) is 0 Å². The van der Waals surface area contributed by atoms with Crippen LogP contribution in [0.1, 0.15) is 10.4 Å². The van der Waals surface area contributed by atoms with Gasteiger partial charge in [0.15, 0.2) is 9.93 Å². The predicted molar refractivity (Wildman–Crippen MR) is 86.3 cm³/mol. The van der Waals surface area contributed by atoms with E-state index in [0.29, 0.717) is 26.2 Å². The molecule has 23 heavy (non-hydrogen) atoms. The molecule has 2 aromatic heterocycles. The van der Waals surface area contributed by atoms with Gasteiger partial charge >= 0.3 is 0 Å². The van der Waals surface area contributed by atoms with Gasteiger partial charge in [-0.15, -0.1) is 11.3 Å². The van der Waals surface area contributed by atoms with Gasteiger partial charge in [-0.1, -0.05) is 23.0 Å². The molecule has 0 fully saturated rings. The van der Waals surface area contributed by atoms with Gasteiger partial charge in [0.25, 0.3) is 5.91 Å². The fourth-order valence-corrected chi connectivity index (χ4v) is 4.15. The molecule has 3 heterocycles. The van der Waals surface area contributed by atoms with E-state index >= 15 is 0 Å². The summed E-state index contributed by atoms with van der Waals surface area (Å²) >= 11 is 2.35. The first-order valence-corrected chi connectivity index (χ1v) is 8.39. The van der Waals surface area contributed by atoms with Gasteiger partial charge in [-0.2, -0.15) is 0 Å². The van der Waals surface area contributed by atoms with Crippen LogP contribution in [0.2, 0.25) is 0 Å². The Morgan fingerprint density at radius 3 is 2.91 bits per heavy atom. The Morgan fingerprint density at radius 2 is 2.17 bits per heavy atom. The van der Waals surface area contributed by atoms with E-state index in [1.165, 1.54) is 15.9 Å². The van der Waals surface area contributed by atoms with Gasteiger partial charge in [0.05, 0.1) is 10.9 Å². The van der Waals surface area contributed by atoms with Gasteiger partial charge in [0.2, 0.25) is 5.88 Å². The van der Waals surface area contributed by atoms with Crippen molar-refractivity contribution in [2.45, 2.75) is 6.92 Å². The molecule has 0 radical (unpaired) electrons. The summed E-state index contributed by atoms with van der Waals surface area (Å²) in [6.45, 7) is 1.93. The molecule has 1 aliphatic rings. The first kappa shape index (κ1) is 14.0. The number of aromatic nitrogens is 2. The molecule has 2 N–H and O–H groups in total. The number of carbonyl (C=O) groups excluding carboxylic acids is 1. The van der Waals surface area contributed by atoms with Crippen molar-refractivity contribution < 1.29 is 9.90 Å². The lowest BCUT2D eigenvalue weighted by atomic mass is 10.1. The number of benzene rings is 1. The number of thiazole rings is 2. The molecule has 0 aliphatic carbocycles. The van der Waals surface area contributed by atoms with E-state index in [1.807, 2.05) is 19.1 Å². The van der Waals surface area contributed by atoms with Crippen LogP contribution in [0, 0.1) is 12.3 Å². The Kier molecular flexibility index (Phi) is 3.03. The van der Waals surface area contributed by atoms with Crippen LogP contribution < -0.4 is 15.4 Å². The number of amides is 1. The first-order chi connectivity index (χ1) is 11.1. The van der Waals surface area contributed by atoms with Crippen molar-refractivity contribution in [3.63, 3.8) is 0 Å². The highest BCUT2D eigenvalue weighted by atomic mass is 32.1. The molecule has 0 spiro atoms. The van der Waals surface area contributed by atoms with Gasteiger partial charge in [-0.05, 0) is 19.1 Å². The number of nitrogens with zero attached hydrogens (tertiary/aromatic N) is 3. The third-order valence-electron chi connectivity index (χ3n) is 3.51. The van der Waals surface area contributed by atoms with Crippen molar-refractivity contribution in [1.82, 2.24) is 9.55 Å². The second-order valence-corrected chi connectivity index (χ2v) is 6.89. The highest BCUT2D eigenvalue weighted by Crippen LogP contribution is 2.30. The van der Waals surface area contributed by atoms with E-state index in [1.54, 1.807) is 17.6 Å². The lowest BCUT2D eigenvalue weighted by molar-refractivity contribution is -0.112. The second-order valence-electron chi connectivity index (χ2n) is 5.02. The molecule has 3 aromatic rings. The lowest BCUT2D eigenvalue weighted by Crippen LogP contribution is -2.23. The molecule has 8 heteroatoms. The summed E-state index contributed by atoms with van der Waals surface area (Å²) in [5.74, 6) is -0.545. The summed E-state index contributed by atoms with van der Waals surface area (Å²) in [6, 6.07) is 5.55. The summed E-state index contributed by atoms with van der Waals surface area (Å²) in [5.41, 5.74) is 1.34. The SMILES string of the molecule is Cc1ccc2c(c1)=C(c1sc(=N)n(-c3nccs3)c1O)C(=O)N=2. The number of hydrogen-bond acceptors (Lipinski definition) is 6. The summed E-state index contributed by atoms with van der Waals surface area (Å²) in [5, 5.41) is 22.2. The average Bonchev–Trinajstić information content (AvgIpc) is 3.18. The molecular weight excluding hydrogens is 332 g/mol. The number of carbonyl (C=O) groups is 1. The zero-order chi connectivity index (χ0) is 16.1. The Labute approximate surface area is 137 Å². The molecule has 4 rings (SSSR count). The van der Waals surface area contributed by atoms with Crippen LogP contribution in [0.15, 0.2) is 34.8 Å². The molecule has 6 nitrogen and oxygen atoms in total. The standard InChI is InChI=1S/C15H10N4O2S2/c1-7-2-3-9-8(6-7)10(12(20)18-9)11-13(21)19(14(16)23-11)15-17-4-5-22-15/h2-6,16,21H,1H3. The van der Waals surface area contributed by atoms with E-state index in [2.05, 4.69) is 9.98 Å². The smallest absolute Gasteiger partial charge is 0.279 e. The Morgan fingerprint density at radius 1 is 1.35 bits per heavy atom. The summed E-state index contributed by atoms with van der Waals surface area (Å²) in [7, 11) is 0. The summed E-state index contributed by atoms with van der Waals surface area (Å²) in [4.78, 5) is 20.9. The predicted octanol–water partition coefficient (Wildman–Crippen LogP) is 0.848. The average molecular weight is 342 g/mol. The molecule has 114 valence electrons. The third kappa shape index (κ3) is 2.07. The van der Waals surface area contributed by atoms with E-state index in [0.717, 1.165) is 16.9 Å². The fourth-order valence-electron chi connectivity index (χ4n) is 2.50. The Balaban J connectivity index is 2.05. The fraction of sp³-hybridized carbons (Fsp3) is 0.0667. The highest BCUT2D eigenvalue weighted by Gasteiger charge is 2.26. The van der Waals surface area contributed by atoms with Gasteiger partial charge in [-0.25, -0.2) is 14.5 Å². The molecular formula is C15H10N4O2S2. The number of hydrogen-bond donors (Lipinski definition) is 2. The van der Waals surface area contributed by atoms with Gasteiger partial charge in [-0.3, -0.25) is 10.2 Å². The van der Waals surface area contributed by atoms with E-state index in [4.69, 9.17) is 5.41 Å².